The molecule has 1 N–H and O–H groups in total. The topological polar surface area (TPSA) is 113 Å². The van der Waals surface area contributed by atoms with E-state index in [1.807, 2.05) is 4.90 Å². The molecule has 3 aromatic carbocycles. The van der Waals surface area contributed by atoms with Crippen LogP contribution < -0.4 is 9.62 Å². The number of aryl methyl sites for hydroxylation is 1. The molecule has 1 aliphatic rings. The summed E-state index contributed by atoms with van der Waals surface area (Å²) in [6.45, 7) is 2.30. The molecule has 10 nitrogen and oxygen atoms in total. The fourth-order valence-corrected chi connectivity index (χ4v) is 7.69. The number of furan rings is 1. The lowest BCUT2D eigenvalue weighted by Gasteiger charge is -2.31. The van der Waals surface area contributed by atoms with E-state index in [-0.39, 0.29) is 66.0 Å². The molecule has 0 unspecified atom stereocenters. The van der Waals surface area contributed by atoms with E-state index in [4.69, 9.17) is 14.4 Å². The fourth-order valence-electron chi connectivity index (χ4n) is 7.18. The summed E-state index contributed by atoms with van der Waals surface area (Å²) in [6.07, 6.45) is 0.493. The predicted molar refractivity (Wildman–Crippen MR) is 199 cm³/mol. The lowest BCUT2D eigenvalue weighted by molar-refractivity contribution is -0.0570. The molecule has 1 saturated heterocycles. The van der Waals surface area contributed by atoms with Crippen LogP contribution in [0.1, 0.15) is 34.6 Å². The van der Waals surface area contributed by atoms with Crippen molar-refractivity contribution < 1.29 is 35.2 Å². The molecule has 8 rings (SSSR count). The van der Waals surface area contributed by atoms with E-state index in [9.17, 15) is 22.0 Å². The van der Waals surface area contributed by atoms with Crippen LogP contribution in [-0.4, -0.2) is 73.0 Å². The Hall–Kier alpha value is -5.54. The predicted octanol–water partition coefficient (Wildman–Crippen LogP) is 7.69. The maximum Gasteiger partial charge on any atom is 0.255 e. The van der Waals surface area contributed by atoms with Crippen molar-refractivity contribution >= 4 is 60.0 Å². The average Bonchev–Trinajstić information content (AvgIpc) is 3.71. The minimum absolute atomic E-state index is 0.0313. The first kappa shape index (κ1) is 35.5. The summed E-state index contributed by atoms with van der Waals surface area (Å²) in [7, 11) is -1.05. The van der Waals surface area contributed by atoms with Crippen molar-refractivity contribution in [2.75, 3.05) is 37.7 Å². The number of fused-ring (bicyclic) bond motifs is 6. The number of carbonyl (C=O) groups excluding carboxylic acids is 1. The Morgan fingerprint density at radius 3 is 2.41 bits per heavy atom. The molecule has 1 aliphatic heterocycles. The van der Waals surface area contributed by atoms with E-state index in [0.29, 0.717) is 50.1 Å². The number of halogens is 4. The third-order valence-electron chi connectivity index (χ3n) is 10.1. The van der Waals surface area contributed by atoms with Crippen LogP contribution in [0.3, 0.4) is 0 Å². The number of amides is 1. The second kappa shape index (κ2) is 12.8. The second-order valence-corrected chi connectivity index (χ2v) is 15.7. The van der Waals surface area contributed by atoms with Crippen LogP contribution in [0.15, 0.2) is 71.1 Å². The van der Waals surface area contributed by atoms with Crippen molar-refractivity contribution in [3.8, 4) is 22.6 Å². The van der Waals surface area contributed by atoms with Gasteiger partial charge in [-0.3, -0.25) is 18.4 Å². The van der Waals surface area contributed by atoms with Crippen molar-refractivity contribution in [3.63, 3.8) is 0 Å². The van der Waals surface area contributed by atoms with Crippen LogP contribution in [0, 0.1) is 18.6 Å². The lowest BCUT2D eigenvalue weighted by atomic mass is 10.00. The summed E-state index contributed by atoms with van der Waals surface area (Å²) in [4.78, 5) is 25.2. The van der Waals surface area contributed by atoms with Crippen LogP contribution in [0.25, 0.3) is 61.0 Å². The fraction of sp³-hybridized carbons (Fsp3) is 0.256. The molecule has 15 heteroatoms. The maximum absolute atomic E-state index is 15.3. The molecular formula is C39H34F4N6O4S. The Kier molecular flexibility index (Phi) is 8.41. The van der Waals surface area contributed by atoms with Gasteiger partial charge in [-0.15, -0.1) is 0 Å². The number of aromatic nitrogens is 3. The summed E-state index contributed by atoms with van der Waals surface area (Å²) in [5.41, 5.74) is 3.50. The van der Waals surface area contributed by atoms with E-state index in [1.165, 1.54) is 38.4 Å². The van der Waals surface area contributed by atoms with Gasteiger partial charge in [0, 0.05) is 62.4 Å². The minimum atomic E-state index is -3.85. The molecule has 4 aromatic heterocycles. The van der Waals surface area contributed by atoms with Crippen LogP contribution in [0.2, 0.25) is 0 Å². The van der Waals surface area contributed by atoms with E-state index < -0.39 is 33.5 Å². The number of anilines is 1. The van der Waals surface area contributed by atoms with Gasteiger partial charge in [0.25, 0.3) is 11.8 Å². The number of nitrogens with one attached hydrogen (secondary N) is 1. The smallest absolute Gasteiger partial charge is 0.255 e. The molecule has 0 spiro atoms. The largest absolute Gasteiger partial charge is 0.455 e. The number of piperidine rings is 1. The molecular weight excluding hydrogens is 725 g/mol. The van der Waals surface area contributed by atoms with Gasteiger partial charge < -0.3 is 9.73 Å². The number of alkyl halides is 2. The molecule has 278 valence electrons. The molecule has 0 saturated carbocycles. The summed E-state index contributed by atoms with van der Waals surface area (Å²) < 4.78 is 93.6. The zero-order chi connectivity index (χ0) is 38.3. The zero-order valence-corrected chi connectivity index (χ0v) is 30.5. The van der Waals surface area contributed by atoms with Gasteiger partial charge in [-0.2, -0.15) is 0 Å². The lowest BCUT2D eigenvalue weighted by Crippen LogP contribution is -2.39. The third kappa shape index (κ3) is 6.00. The second-order valence-electron chi connectivity index (χ2n) is 13.7. The van der Waals surface area contributed by atoms with Gasteiger partial charge in [0.05, 0.1) is 51.9 Å². The Morgan fingerprint density at radius 1 is 0.944 bits per heavy atom. The van der Waals surface area contributed by atoms with E-state index in [1.54, 1.807) is 53.8 Å². The van der Waals surface area contributed by atoms with Crippen molar-refractivity contribution in [2.45, 2.75) is 32.2 Å². The number of rotatable bonds is 7. The van der Waals surface area contributed by atoms with Gasteiger partial charge in [-0.25, -0.2) is 35.9 Å². The van der Waals surface area contributed by atoms with Gasteiger partial charge in [0.15, 0.2) is 5.76 Å². The van der Waals surface area contributed by atoms with Crippen LogP contribution >= 0.6 is 0 Å². The molecule has 0 aliphatic carbocycles. The molecule has 54 heavy (non-hydrogen) atoms. The normalized spacial score (nSPS) is 15.1. The first-order valence-corrected chi connectivity index (χ1v) is 19.0. The number of carbonyl (C=O) groups is 1. The summed E-state index contributed by atoms with van der Waals surface area (Å²) in [6, 6.07) is 17.3. The number of hydrogen-bond acceptors (Lipinski definition) is 7. The minimum Gasteiger partial charge on any atom is -0.455 e. The van der Waals surface area contributed by atoms with Gasteiger partial charge in [-0.1, -0.05) is 12.1 Å². The van der Waals surface area contributed by atoms with Crippen molar-refractivity contribution in [1.29, 1.82) is 0 Å². The Bertz CT molecular complexity index is 2790. The summed E-state index contributed by atoms with van der Waals surface area (Å²) in [5, 5.41) is 3.19. The number of benzene rings is 3. The number of likely N-dealkylation sites (tertiary alicyclic amines) is 1. The molecule has 1 fully saturated rings. The van der Waals surface area contributed by atoms with Crippen LogP contribution in [0.4, 0.5) is 23.2 Å². The number of pyridine rings is 1. The summed E-state index contributed by atoms with van der Waals surface area (Å²) >= 11 is 0. The maximum atomic E-state index is 15.3. The van der Waals surface area contributed by atoms with Gasteiger partial charge >= 0.3 is 0 Å². The molecule has 1 amide bonds. The highest BCUT2D eigenvalue weighted by Crippen LogP contribution is 2.42. The highest BCUT2D eigenvalue weighted by Gasteiger charge is 2.34. The number of nitrogens with zero attached hydrogens (tertiary/aromatic N) is 5. The molecule has 0 radical (unpaired) electrons. The quantitative estimate of drug-likeness (QED) is 0.166. The highest BCUT2D eigenvalue weighted by atomic mass is 32.2. The Labute approximate surface area is 307 Å². The summed E-state index contributed by atoms with van der Waals surface area (Å²) in [5.74, 6) is -3.86. The first-order valence-electron chi connectivity index (χ1n) is 17.2. The molecule has 5 heterocycles. The standard InChI is InChI=1S/C39H34F4N6O4S/c1-21-8-9-22(27(41)16-21)37-35(38(50)44-2)25-17-24(31(19-33(25)53-37)47(3)54(4,51)52)28-10-11-29-36(46-28)32-18-23-26(40)6-5-7-30(23)49(32)34(45-29)20-48-14-12-39(42,43)13-15-48/h5-11,16-19H,12-15,20H2,1-4H3,(H,44,50). The van der Waals surface area contributed by atoms with E-state index in [2.05, 4.69) is 5.32 Å². The molecule has 7 aromatic rings. The van der Waals surface area contributed by atoms with E-state index >= 15 is 8.78 Å². The van der Waals surface area contributed by atoms with Crippen LogP contribution in [0.5, 0.6) is 0 Å². The SMILES string of the molecule is CNC(=O)c1c(-c2ccc(C)cc2F)oc2cc(N(C)S(C)(=O)=O)c(-c3ccc4nc(CN5CCC(F)(F)CC5)n5c6cccc(F)c6cc5c4n3)cc12. The average molecular weight is 759 g/mol. The highest BCUT2D eigenvalue weighted by molar-refractivity contribution is 7.92. The van der Waals surface area contributed by atoms with Gasteiger partial charge in [0.1, 0.15) is 28.6 Å². The first-order chi connectivity index (χ1) is 25.6. The van der Waals surface area contributed by atoms with Crippen molar-refractivity contribution in [3.05, 3.63) is 95.3 Å². The molecule has 0 bridgehead atoms. The Morgan fingerprint density at radius 2 is 1.70 bits per heavy atom. The van der Waals surface area contributed by atoms with Crippen molar-refractivity contribution in [1.82, 2.24) is 24.6 Å². The van der Waals surface area contributed by atoms with Crippen LogP contribution in [-0.2, 0) is 16.6 Å². The zero-order valence-electron chi connectivity index (χ0n) is 29.7. The van der Waals surface area contributed by atoms with Crippen molar-refractivity contribution in [2.24, 2.45) is 0 Å². The third-order valence-corrected chi connectivity index (χ3v) is 11.3. The Balaban J connectivity index is 1.37. The monoisotopic (exact) mass is 758 g/mol. The number of hydrogen-bond donors (Lipinski definition) is 1. The van der Waals surface area contributed by atoms with Gasteiger partial charge in [-0.05, 0) is 61.0 Å². The molecule has 0 atom stereocenters. The van der Waals surface area contributed by atoms with Gasteiger partial charge in [0.2, 0.25) is 10.0 Å². The number of sulfonamides is 1. The van der Waals surface area contributed by atoms with E-state index in [0.717, 1.165) is 10.6 Å².